The molecule has 0 atom stereocenters. The van der Waals surface area contributed by atoms with Crippen LogP contribution in [0.4, 0.5) is 0 Å². The van der Waals surface area contributed by atoms with Gasteiger partial charge >= 0.3 is 0 Å². The lowest BCUT2D eigenvalue weighted by molar-refractivity contribution is 0.552. The van der Waals surface area contributed by atoms with Crippen LogP contribution < -0.4 is 5.73 Å². The summed E-state index contributed by atoms with van der Waals surface area (Å²) in [4.78, 5) is 0. The van der Waals surface area contributed by atoms with Crippen molar-refractivity contribution in [2.24, 2.45) is 11.7 Å². The molecule has 0 aliphatic carbocycles. The summed E-state index contributed by atoms with van der Waals surface area (Å²) >= 11 is 0. The highest BCUT2D eigenvalue weighted by Crippen LogP contribution is 2.17. The molecule has 0 amide bonds. The summed E-state index contributed by atoms with van der Waals surface area (Å²) in [6.45, 7) is 6.97. The number of benzene rings is 1. The van der Waals surface area contributed by atoms with Gasteiger partial charge in [-0.3, -0.25) is 0 Å². The van der Waals surface area contributed by atoms with E-state index in [9.17, 15) is 0 Å². The predicted molar refractivity (Wildman–Crippen MR) is 64.6 cm³/mol. The van der Waals surface area contributed by atoms with Gasteiger partial charge in [-0.1, -0.05) is 39.0 Å². The Hall–Kier alpha value is -1.28. The van der Waals surface area contributed by atoms with E-state index in [2.05, 4.69) is 20.8 Å². The molecular formula is C13H19NO. The molecule has 2 nitrogen and oxygen atoms in total. The first-order chi connectivity index (χ1) is 7.13. The fourth-order valence-corrected chi connectivity index (χ4v) is 1.14. The van der Waals surface area contributed by atoms with Crippen molar-refractivity contribution in [1.29, 1.82) is 0 Å². The molecule has 1 aromatic heterocycles. The van der Waals surface area contributed by atoms with E-state index in [0.717, 1.165) is 22.6 Å². The molecule has 2 heteroatoms. The molecule has 15 heavy (non-hydrogen) atoms. The first kappa shape index (κ1) is 11.8. The summed E-state index contributed by atoms with van der Waals surface area (Å²) < 4.78 is 5.39. The lowest BCUT2D eigenvalue weighted by Gasteiger charge is -1.84. The van der Waals surface area contributed by atoms with Gasteiger partial charge in [0, 0.05) is 5.39 Å². The maximum absolute atomic E-state index is 5.42. The van der Waals surface area contributed by atoms with E-state index >= 15 is 0 Å². The van der Waals surface area contributed by atoms with E-state index in [0.29, 0.717) is 6.54 Å². The average Bonchev–Trinajstić information content (AvgIpc) is 2.59. The topological polar surface area (TPSA) is 39.2 Å². The van der Waals surface area contributed by atoms with Crippen molar-refractivity contribution >= 4 is 11.0 Å². The first-order valence-corrected chi connectivity index (χ1v) is 5.31. The minimum Gasteiger partial charge on any atom is -0.460 e. The minimum atomic E-state index is 0.467. The average molecular weight is 205 g/mol. The Bertz CT molecular complexity index is 368. The van der Waals surface area contributed by atoms with Crippen LogP contribution in [0.25, 0.3) is 11.0 Å². The summed E-state index contributed by atoms with van der Waals surface area (Å²) in [7, 11) is 0. The summed E-state index contributed by atoms with van der Waals surface area (Å²) in [6, 6.07) is 9.85. The molecule has 2 N–H and O–H groups in total. The molecule has 0 saturated carbocycles. The number of hydrogen-bond donors (Lipinski definition) is 1. The molecule has 0 saturated heterocycles. The molecular weight excluding hydrogens is 186 g/mol. The van der Waals surface area contributed by atoms with Crippen LogP contribution in [0, 0.1) is 5.92 Å². The van der Waals surface area contributed by atoms with Crippen molar-refractivity contribution in [2.75, 3.05) is 0 Å². The number of hydrogen-bond acceptors (Lipinski definition) is 2. The van der Waals surface area contributed by atoms with Crippen LogP contribution in [0.15, 0.2) is 34.7 Å². The van der Waals surface area contributed by atoms with E-state index in [1.54, 1.807) is 0 Å². The van der Waals surface area contributed by atoms with Gasteiger partial charge in [0.15, 0.2) is 0 Å². The lowest BCUT2D eigenvalue weighted by Crippen LogP contribution is -1.92. The summed E-state index contributed by atoms with van der Waals surface area (Å²) in [5.41, 5.74) is 6.33. The van der Waals surface area contributed by atoms with Gasteiger partial charge in [0.25, 0.3) is 0 Å². The maximum Gasteiger partial charge on any atom is 0.134 e. The number of furan rings is 1. The maximum atomic E-state index is 5.42. The van der Waals surface area contributed by atoms with Gasteiger partial charge in [0.05, 0.1) is 6.54 Å². The standard InChI is InChI=1S/C9H9NO.C4H10/c10-6-8-5-7-3-1-2-4-9(7)11-8;1-4(2)3/h1-5H,6,10H2;4H,1-3H3. The highest BCUT2D eigenvalue weighted by molar-refractivity contribution is 5.77. The number of nitrogens with two attached hydrogens (primary N) is 1. The Morgan fingerprint density at radius 1 is 1.20 bits per heavy atom. The summed E-state index contributed by atoms with van der Waals surface area (Å²) in [6.07, 6.45) is 0. The fraction of sp³-hybridized carbons (Fsp3) is 0.385. The zero-order valence-electron chi connectivity index (χ0n) is 9.66. The largest absolute Gasteiger partial charge is 0.460 e. The van der Waals surface area contributed by atoms with Gasteiger partial charge in [0.2, 0.25) is 0 Å². The van der Waals surface area contributed by atoms with Crippen LogP contribution in [0.3, 0.4) is 0 Å². The van der Waals surface area contributed by atoms with Gasteiger partial charge in [0.1, 0.15) is 11.3 Å². The Morgan fingerprint density at radius 2 is 1.80 bits per heavy atom. The van der Waals surface area contributed by atoms with Gasteiger partial charge in [-0.15, -0.1) is 0 Å². The monoisotopic (exact) mass is 205 g/mol. The van der Waals surface area contributed by atoms with Crippen LogP contribution >= 0.6 is 0 Å². The molecule has 0 aliphatic rings. The van der Waals surface area contributed by atoms with Gasteiger partial charge in [-0.2, -0.15) is 0 Å². The van der Waals surface area contributed by atoms with E-state index in [4.69, 9.17) is 10.2 Å². The smallest absolute Gasteiger partial charge is 0.134 e. The molecule has 0 bridgehead atoms. The van der Waals surface area contributed by atoms with Crippen LogP contribution in [0.1, 0.15) is 26.5 Å². The first-order valence-electron chi connectivity index (χ1n) is 5.31. The molecule has 0 unspecified atom stereocenters. The number of para-hydroxylation sites is 1. The Morgan fingerprint density at radius 3 is 2.33 bits per heavy atom. The molecule has 2 aromatic rings. The molecule has 1 aromatic carbocycles. The normalized spacial score (nSPS) is 10.2. The molecule has 0 fully saturated rings. The quantitative estimate of drug-likeness (QED) is 0.773. The van der Waals surface area contributed by atoms with Crippen molar-refractivity contribution in [2.45, 2.75) is 27.3 Å². The number of fused-ring (bicyclic) bond motifs is 1. The van der Waals surface area contributed by atoms with Crippen molar-refractivity contribution in [3.63, 3.8) is 0 Å². The van der Waals surface area contributed by atoms with Crippen molar-refractivity contribution in [3.8, 4) is 0 Å². The second-order valence-corrected chi connectivity index (χ2v) is 4.19. The second-order valence-electron chi connectivity index (χ2n) is 4.19. The van der Waals surface area contributed by atoms with E-state index < -0.39 is 0 Å². The zero-order valence-corrected chi connectivity index (χ0v) is 9.66. The Balaban J connectivity index is 0.000000245. The third kappa shape index (κ3) is 3.76. The zero-order chi connectivity index (χ0) is 11.3. The molecule has 2 rings (SSSR count). The molecule has 82 valence electrons. The highest BCUT2D eigenvalue weighted by Gasteiger charge is 1.98. The Labute approximate surface area is 91.1 Å². The van der Waals surface area contributed by atoms with Crippen LogP contribution in [-0.4, -0.2) is 0 Å². The second kappa shape index (κ2) is 5.56. The van der Waals surface area contributed by atoms with Crippen molar-refractivity contribution < 1.29 is 4.42 Å². The van der Waals surface area contributed by atoms with E-state index in [-0.39, 0.29) is 0 Å². The SMILES string of the molecule is CC(C)C.NCc1cc2ccccc2o1. The van der Waals surface area contributed by atoms with Gasteiger partial charge < -0.3 is 10.2 Å². The third-order valence-corrected chi connectivity index (χ3v) is 1.68. The molecule has 0 spiro atoms. The highest BCUT2D eigenvalue weighted by atomic mass is 16.3. The molecule has 0 radical (unpaired) electrons. The summed E-state index contributed by atoms with van der Waals surface area (Å²) in [5.74, 6) is 1.67. The van der Waals surface area contributed by atoms with Crippen LogP contribution in [-0.2, 0) is 6.54 Å². The van der Waals surface area contributed by atoms with E-state index in [1.165, 1.54) is 0 Å². The minimum absolute atomic E-state index is 0.467. The Kier molecular flexibility index (Phi) is 4.37. The van der Waals surface area contributed by atoms with Crippen LogP contribution in [0.5, 0.6) is 0 Å². The predicted octanol–water partition coefficient (Wildman–Crippen LogP) is 3.55. The lowest BCUT2D eigenvalue weighted by atomic mass is 10.2. The third-order valence-electron chi connectivity index (χ3n) is 1.68. The molecule has 0 aliphatic heterocycles. The van der Waals surface area contributed by atoms with Crippen LogP contribution in [0.2, 0.25) is 0 Å². The van der Waals surface area contributed by atoms with Crippen molar-refractivity contribution in [1.82, 2.24) is 0 Å². The van der Waals surface area contributed by atoms with E-state index in [1.807, 2.05) is 30.3 Å². The van der Waals surface area contributed by atoms with Gasteiger partial charge in [-0.25, -0.2) is 0 Å². The summed E-state index contributed by atoms with van der Waals surface area (Å²) in [5, 5.41) is 1.12. The number of rotatable bonds is 1. The van der Waals surface area contributed by atoms with Crippen molar-refractivity contribution in [3.05, 3.63) is 36.1 Å². The fourth-order valence-electron chi connectivity index (χ4n) is 1.14. The molecule has 1 heterocycles. The van der Waals surface area contributed by atoms with Gasteiger partial charge in [-0.05, 0) is 18.1 Å².